The summed E-state index contributed by atoms with van der Waals surface area (Å²) in [4.78, 5) is 19.5. The molecule has 0 bridgehead atoms. The first-order valence-electron chi connectivity index (χ1n) is 12.2. The first kappa shape index (κ1) is 24.5. The van der Waals surface area contributed by atoms with Crippen molar-refractivity contribution in [2.45, 2.75) is 56.7 Å². The Morgan fingerprint density at radius 3 is 2.72 bits per heavy atom. The molecule has 3 N–H and O–H groups in total. The number of benzene rings is 1. The lowest BCUT2D eigenvalue weighted by molar-refractivity contribution is -0.0141. The predicted octanol–water partition coefficient (Wildman–Crippen LogP) is 3.38. The summed E-state index contributed by atoms with van der Waals surface area (Å²) in [5, 5.41) is 21.5. The molecule has 1 amide bonds. The molecule has 0 saturated carbocycles. The quantitative estimate of drug-likeness (QED) is 0.479. The molecule has 4 heterocycles. The summed E-state index contributed by atoms with van der Waals surface area (Å²) < 4.78 is 42.3. The van der Waals surface area contributed by atoms with Crippen molar-refractivity contribution in [2.75, 3.05) is 24.5 Å². The Morgan fingerprint density at radius 2 is 2.03 bits per heavy atom. The summed E-state index contributed by atoms with van der Waals surface area (Å²) in [5.41, 5.74) is 0.0910. The smallest absolute Gasteiger partial charge is 0.266 e. The van der Waals surface area contributed by atoms with Gasteiger partial charge in [-0.25, -0.2) is 22.7 Å². The van der Waals surface area contributed by atoms with Crippen LogP contribution in [0.15, 0.2) is 36.8 Å². The number of carbonyl (C=O) groups is 1. The van der Waals surface area contributed by atoms with Crippen LogP contribution in [0.25, 0.3) is 5.65 Å². The Labute approximate surface area is 206 Å². The molecule has 5 rings (SSSR count). The SMILES string of the molecule is C[C@@H](NC(=O)c1cc(N2CCC(O)(C3CCCN3)CC2)c2ncnn2c1)c1cccc(C(F)F)c1F. The van der Waals surface area contributed by atoms with Crippen LogP contribution in [0.2, 0.25) is 0 Å². The van der Waals surface area contributed by atoms with Crippen LogP contribution in [-0.4, -0.2) is 56.9 Å². The van der Waals surface area contributed by atoms with Gasteiger partial charge in [-0.2, -0.15) is 5.10 Å². The third-order valence-electron chi connectivity index (χ3n) is 7.40. The van der Waals surface area contributed by atoms with E-state index in [0.29, 0.717) is 37.3 Å². The molecule has 2 aromatic heterocycles. The molecule has 2 aliphatic heterocycles. The number of piperidine rings is 1. The fourth-order valence-electron chi connectivity index (χ4n) is 5.32. The molecule has 3 aromatic rings. The maximum atomic E-state index is 14.6. The van der Waals surface area contributed by atoms with E-state index in [1.807, 2.05) is 0 Å². The number of aliphatic hydroxyl groups is 1. The molecule has 0 aliphatic carbocycles. The van der Waals surface area contributed by atoms with Crippen LogP contribution in [0, 0.1) is 5.82 Å². The van der Waals surface area contributed by atoms with Gasteiger partial charge in [0.15, 0.2) is 5.65 Å². The van der Waals surface area contributed by atoms with Crippen molar-refractivity contribution >= 4 is 17.2 Å². The molecule has 2 aliphatic rings. The Morgan fingerprint density at radius 1 is 1.28 bits per heavy atom. The van der Waals surface area contributed by atoms with E-state index in [1.165, 1.54) is 29.2 Å². The van der Waals surface area contributed by atoms with Crippen molar-refractivity contribution in [1.82, 2.24) is 25.2 Å². The number of pyridine rings is 1. The Balaban J connectivity index is 1.36. The zero-order chi connectivity index (χ0) is 25.4. The zero-order valence-corrected chi connectivity index (χ0v) is 19.9. The predicted molar refractivity (Wildman–Crippen MR) is 128 cm³/mol. The fraction of sp³-hybridized carbons (Fsp3) is 0.480. The molecule has 1 aromatic carbocycles. The third-order valence-corrected chi connectivity index (χ3v) is 7.40. The van der Waals surface area contributed by atoms with Crippen LogP contribution in [0.5, 0.6) is 0 Å². The number of carbonyl (C=O) groups excluding carboxylic acids is 1. The number of amides is 1. The standard InChI is InChI=1S/C25H29F3N6O2/c1-15(17-4-2-5-18(21(17)26)22(27)28)32-24(35)16-12-19(23-30-14-31-34(23)13-16)33-10-7-25(36,8-11-33)20-6-3-9-29-20/h2,4-5,12-15,20,22,29,36H,3,6-11H2,1H3,(H,32,35)/t15-,20?/m1/s1. The van der Waals surface area contributed by atoms with Crippen molar-refractivity contribution in [3.63, 3.8) is 0 Å². The lowest BCUT2D eigenvalue weighted by Crippen LogP contribution is -2.54. The van der Waals surface area contributed by atoms with Gasteiger partial charge in [0.1, 0.15) is 12.1 Å². The number of alkyl halides is 2. The van der Waals surface area contributed by atoms with Gasteiger partial charge in [-0.05, 0) is 45.2 Å². The summed E-state index contributed by atoms with van der Waals surface area (Å²) >= 11 is 0. The molecule has 2 atom stereocenters. The van der Waals surface area contributed by atoms with Crippen LogP contribution in [0.3, 0.4) is 0 Å². The summed E-state index contributed by atoms with van der Waals surface area (Å²) in [6, 6.07) is 4.72. The van der Waals surface area contributed by atoms with Crippen LogP contribution in [-0.2, 0) is 0 Å². The van der Waals surface area contributed by atoms with Gasteiger partial charge in [-0.1, -0.05) is 18.2 Å². The Hall–Kier alpha value is -3.18. The van der Waals surface area contributed by atoms with E-state index < -0.39 is 35.4 Å². The second kappa shape index (κ2) is 9.70. The van der Waals surface area contributed by atoms with Gasteiger partial charge >= 0.3 is 0 Å². The number of anilines is 1. The summed E-state index contributed by atoms with van der Waals surface area (Å²) in [5.74, 6) is -1.52. The van der Waals surface area contributed by atoms with Crippen LogP contribution >= 0.6 is 0 Å². The maximum absolute atomic E-state index is 14.6. The highest BCUT2D eigenvalue weighted by atomic mass is 19.3. The molecule has 0 spiro atoms. The number of nitrogens with one attached hydrogen (secondary N) is 2. The number of aromatic nitrogens is 3. The number of fused-ring (bicyclic) bond motifs is 1. The first-order valence-corrected chi connectivity index (χ1v) is 12.2. The normalized spacial score (nSPS) is 20.7. The van der Waals surface area contributed by atoms with Gasteiger partial charge in [0.05, 0.1) is 28.5 Å². The molecule has 1 unspecified atom stereocenters. The van der Waals surface area contributed by atoms with Crippen molar-refractivity contribution in [1.29, 1.82) is 0 Å². The largest absolute Gasteiger partial charge is 0.388 e. The summed E-state index contributed by atoms with van der Waals surface area (Å²) in [6.45, 7) is 3.64. The van der Waals surface area contributed by atoms with E-state index >= 15 is 0 Å². The molecular formula is C25H29F3N6O2. The van der Waals surface area contributed by atoms with Crippen molar-refractivity contribution in [3.05, 3.63) is 59.3 Å². The molecule has 2 saturated heterocycles. The van der Waals surface area contributed by atoms with Crippen molar-refractivity contribution in [3.8, 4) is 0 Å². The highest BCUT2D eigenvalue weighted by Gasteiger charge is 2.41. The van der Waals surface area contributed by atoms with Crippen LogP contribution in [0.4, 0.5) is 18.9 Å². The molecule has 11 heteroatoms. The maximum Gasteiger partial charge on any atom is 0.266 e. The molecule has 0 radical (unpaired) electrons. The monoisotopic (exact) mass is 502 g/mol. The van der Waals surface area contributed by atoms with Gasteiger partial charge in [0.25, 0.3) is 12.3 Å². The topological polar surface area (TPSA) is 94.8 Å². The van der Waals surface area contributed by atoms with E-state index in [-0.39, 0.29) is 17.2 Å². The zero-order valence-electron chi connectivity index (χ0n) is 19.9. The lowest BCUT2D eigenvalue weighted by atomic mass is 9.83. The Bertz CT molecular complexity index is 1250. The first-order chi connectivity index (χ1) is 17.3. The number of hydrogen-bond donors (Lipinski definition) is 3. The molecule has 36 heavy (non-hydrogen) atoms. The average molecular weight is 503 g/mol. The highest BCUT2D eigenvalue weighted by Crippen LogP contribution is 2.34. The van der Waals surface area contributed by atoms with E-state index in [1.54, 1.807) is 13.0 Å². The van der Waals surface area contributed by atoms with E-state index in [4.69, 9.17) is 0 Å². The van der Waals surface area contributed by atoms with Crippen molar-refractivity contribution in [2.24, 2.45) is 0 Å². The highest BCUT2D eigenvalue weighted by molar-refractivity contribution is 5.96. The van der Waals surface area contributed by atoms with Gasteiger partial charge in [0, 0.05) is 30.9 Å². The van der Waals surface area contributed by atoms with E-state index in [0.717, 1.165) is 25.5 Å². The fourth-order valence-corrected chi connectivity index (χ4v) is 5.32. The number of halogens is 3. The molecule has 2 fully saturated rings. The number of rotatable bonds is 6. The number of hydrogen-bond acceptors (Lipinski definition) is 6. The molecular weight excluding hydrogens is 473 g/mol. The second-order valence-corrected chi connectivity index (χ2v) is 9.63. The third kappa shape index (κ3) is 4.53. The Kier molecular flexibility index (Phi) is 6.60. The van der Waals surface area contributed by atoms with E-state index in [9.17, 15) is 23.1 Å². The van der Waals surface area contributed by atoms with Crippen LogP contribution in [0.1, 0.15) is 66.6 Å². The van der Waals surface area contributed by atoms with E-state index in [2.05, 4.69) is 25.6 Å². The molecule has 192 valence electrons. The second-order valence-electron chi connectivity index (χ2n) is 9.63. The van der Waals surface area contributed by atoms with Crippen LogP contribution < -0.4 is 15.5 Å². The minimum absolute atomic E-state index is 0.0148. The number of nitrogens with zero attached hydrogens (tertiary/aromatic N) is 4. The minimum Gasteiger partial charge on any atom is -0.388 e. The van der Waals surface area contributed by atoms with Gasteiger partial charge in [0.2, 0.25) is 0 Å². The van der Waals surface area contributed by atoms with Gasteiger partial charge in [-0.15, -0.1) is 0 Å². The average Bonchev–Trinajstić information content (AvgIpc) is 3.56. The molecule has 8 nitrogen and oxygen atoms in total. The van der Waals surface area contributed by atoms with Gasteiger partial charge < -0.3 is 20.6 Å². The summed E-state index contributed by atoms with van der Waals surface area (Å²) in [6.07, 6.45) is 3.16. The summed E-state index contributed by atoms with van der Waals surface area (Å²) in [7, 11) is 0. The lowest BCUT2D eigenvalue weighted by Gasteiger charge is -2.42. The minimum atomic E-state index is -2.95. The van der Waals surface area contributed by atoms with Crippen molar-refractivity contribution < 1.29 is 23.1 Å². The van der Waals surface area contributed by atoms with Gasteiger partial charge in [-0.3, -0.25) is 4.79 Å².